The van der Waals surface area contributed by atoms with Crippen molar-refractivity contribution in [2.24, 2.45) is 0 Å². The van der Waals surface area contributed by atoms with Crippen molar-refractivity contribution < 1.29 is 28.6 Å². The van der Waals surface area contributed by atoms with Crippen molar-refractivity contribution in [1.29, 1.82) is 0 Å². The number of ether oxygens (including phenoxy) is 3. The largest absolute Gasteiger partial charge is 0.462 e. The summed E-state index contributed by atoms with van der Waals surface area (Å²) < 4.78 is 16.8. The van der Waals surface area contributed by atoms with E-state index in [0.29, 0.717) is 19.3 Å². The number of esters is 3. The van der Waals surface area contributed by atoms with Crippen LogP contribution in [0, 0.1) is 0 Å². The average molecular weight is 929 g/mol. The molecule has 0 aliphatic heterocycles. The van der Waals surface area contributed by atoms with Gasteiger partial charge in [0.05, 0.1) is 0 Å². The van der Waals surface area contributed by atoms with Crippen molar-refractivity contribution in [2.75, 3.05) is 13.2 Å². The second kappa shape index (κ2) is 54.7. The summed E-state index contributed by atoms with van der Waals surface area (Å²) in [6, 6.07) is 0. The van der Waals surface area contributed by atoms with Gasteiger partial charge in [0.25, 0.3) is 0 Å². The summed E-state index contributed by atoms with van der Waals surface area (Å²) in [5, 5.41) is 0. The first-order chi connectivity index (χ1) is 33.0. The van der Waals surface area contributed by atoms with E-state index in [-0.39, 0.29) is 31.1 Å². The van der Waals surface area contributed by atoms with Crippen LogP contribution >= 0.6 is 0 Å². The molecule has 0 aliphatic carbocycles. The van der Waals surface area contributed by atoms with Gasteiger partial charge in [-0.2, -0.15) is 0 Å². The summed E-state index contributed by atoms with van der Waals surface area (Å²) in [5.74, 6) is -0.966. The lowest BCUT2D eigenvalue weighted by Crippen LogP contribution is -2.30. The minimum Gasteiger partial charge on any atom is -0.462 e. The van der Waals surface area contributed by atoms with Gasteiger partial charge in [0, 0.05) is 19.3 Å². The van der Waals surface area contributed by atoms with Crippen molar-refractivity contribution >= 4 is 17.9 Å². The lowest BCUT2D eigenvalue weighted by molar-refractivity contribution is -0.167. The summed E-state index contributed by atoms with van der Waals surface area (Å²) in [7, 11) is 0. The van der Waals surface area contributed by atoms with Crippen molar-refractivity contribution in [3.63, 3.8) is 0 Å². The van der Waals surface area contributed by atoms with Gasteiger partial charge in [0.15, 0.2) is 6.10 Å². The van der Waals surface area contributed by atoms with Crippen molar-refractivity contribution in [3.05, 3.63) is 109 Å². The Morgan fingerprint density at radius 2 is 0.582 bits per heavy atom. The molecule has 1 atom stereocenters. The van der Waals surface area contributed by atoms with Crippen LogP contribution in [0.15, 0.2) is 109 Å². The third-order valence-electron chi connectivity index (χ3n) is 11.2. The molecule has 0 saturated carbocycles. The number of allylic oxidation sites excluding steroid dienone is 18. The molecule has 6 heteroatoms. The first kappa shape index (κ1) is 63.1. The van der Waals surface area contributed by atoms with Crippen LogP contribution in [-0.2, 0) is 28.6 Å². The molecule has 0 bridgehead atoms. The number of rotatable bonds is 48. The minimum atomic E-state index is -0.807. The van der Waals surface area contributed by atoms with E-state index in [2.05, 4.69) is 130 Å². The zero-order valence-electron chi connectivity index (χ0n) is 43.4. The first-order valence-electron chi connectivity index (χ1n) is 27.4. The molecule has 0 fully saturated rings. The molecule has 0 aromatic heterocycles. The zero-order valence-corrected chi connectivity index (χ0v) is 43.4. The number of unbranched alkanes of at least 4 members (excludes halogenated alkanes) is 19. The normalized spacial score (nSPS) is 12.9. The highest BCUT2D eigenvalue weighted by Crippen LogP contribution is 2.13. The molecular weight excluding hydrogens is 829 g/mol. The Morgan fingerprint density at radius 1 is 0.313 bits per heavy atom. The highest BCUT2D eigenvalue weighted by molar-refractivity contribution is 5.71. The molecule has 0 radical (unpaired) electrons. The molecular formula is C61H100O6. The van der Waals surface area contributed by atoms with E-state index in [9.17, 15) is 14.4 Å². The molecule has 0 aromatic carbocycles. The monoisotopic (exact) mass is 929 g/mol. The second-order valence-electron chi connectivity index (χ2n) is 17.7. The third kappa shape index (κ3) is 52.9. The molecule has 0 rings (SSSR count). The molecule has 0 unspecified atom stereocenters. The molecule has 0 heterocycles. The van der Waals surface area contributed by atoms with Crippen LogP contribution in [0.25, 0.3) is 0 Å². The van der Waals surface area contributed by atoms with Gasteiger partial charge in [-0.3, -0.25) is 14.4 Å². The van der Waals surface area contributed by atoms with Gasteiger partial charge in [0.1, 0.15) is 13.2 Å². The van der Waals surface area contributed by atoms with Gasteiger partial charge in [-0.15, -0.1) is 0 Å². The topological polar surface area (TPSA) is 78.9 Å². The van der Waals surface area contributed by atoms with E-state index in [0.717, 1.165) is 148 Å². The molecule has 0 aliphatic rings. The Kier molecular flexibility index (Phi) is 51.5. The van der Waals surface area contributed by atoms with Crippen molar-refractivity contribution in [3.8, 4) is 0 Å². The van der Waals surface area contributed by atoms with Crippen LogP contribution in [0.4, 0.5) is 0 Å². The molecule has 0 spiro atoms. The fraction of sp³-hybridized carbons (Fsp3) is 0.656. The third-order valence-corrected chi connectivity index (χ3v) is 11.2. The van der Waals surface area contributed by atoms with Crippen LogP contribution in [0.5, 0.6) is 0 Å². The number of hydrogen-bond donors (Lipinski definition) is 0. The predicted molar refractivity (Wildman–Crippen MR) is 288 cm³/mol. The fourth-order valence-corrected chi connectivity index (χ4v) is 7.12. The summed E-state index contributed by atoms with van der Waals surface area (Å²) in [4.78, 5) is 38.1. The quantitative estimate of drug-likeness (QED) is 0.0262. The van der Waals surface area contributed by atoms with Crippen LogP contribution in [-0.4, -0.2) is 37.2 Å². The molecule has 0 N–H and O–H groups in total. The van der Waals surface area contributed by atoms with Gasteiger partial charge in [-0.05, 0) is 128 Å². The van der Waals surface area contributed by atoms with Gasteiger partial charge in [-0.1, -0.05) is 201 Å². The van der Waals surface area contributed by atoms with Gasteiger partial charge in [-0.25, -0.2) is 0 Å². The zero-order chi connectivity index (χ0) is 48.6. The molecule has 6 nitrogen and oxygen atoms in total. The van der Waals surface area contributed by atoms with E-state index < -0.39 is 6.10 Å². The molecule has 0 saturated heterocycles. The predicted octanol–water partition coefficient (Wildman–Crippen LogP) is 18.3. The fourth-order valence-electron chi connectivity index (χ4n) is 7.12. The van der Waals surface area contributed by atoms with E-state index in [1.54, 1.807) is 0 Å². The first-order valence-corrected chi connectivity index (χ1v) is 27.4. The van der Waals surface area contributed by atoms with Crippen molar-refractivity contribution in [2.45, 2.75) is 245 Å². The van der Waals surface area contributed by atoms with Crippen LogP contribution in [0.2, 0.25) is 0 Å². The van der Waals surface area contributed by atoms with Gasteiger partial charge >= 0.3 is 17.9 Å². The van der Waals surface area contributed by atoms with E-state index in [1.165, 1.54) is 51.4 Å². The smallest absolute Gasteiger partial charge is 0.306 e. The standard InChI is InChI=1S/C61H100O6/c1-4-7-10-13-16-19-22-25-28-29-30-31-34-36-39-42-45-48-51-54-60(63)66-57-58(67-61(64)55-52-49-46-43-40-37-33-27-24-21-18-15-12-9-6-3)56-65-59(62)53-50-47-44-41-38-35-32-26-23-20-17-14-11-8-5-2/h7,10,16-21,25-28,30-33,36,39,58H,4-6,8-9,11-15,22-24,29,34-35,37-38,40-57H2,1-3H3/b10-7+,19-16+,20-17+,21-18+,28-25+,31-30+,32-26+,33-27+,39-36+/t58-/m1/s1. The number of hydrogen-bond acceptors (Lipinski definition) is 6. The van der Waals surface area contributed by atoms with Crippen LogP contribution < -0.4 is 0 Å². The maximum absolute atomic E-state index is 12.8. The van der Waals surface area contributed by atoms with E-state index >= 15 is 0 Å². The highest BCUT2D eigenvalue weighted by Gasteiger charge is 2.19. The lowest BCUT2D eigenvalue weighted by Gasteiger charge is -2.18. The number of carbonyl (C=O) groups is 3. The molecule has 380 valence electrons. The Hall–Kier alpha value is -3.93. The minimum absolute atomic E-state index is 0.104. The SMILES string of the molecule is CC/C=C/C/C=C/C/C=C/C/C=C/C/C=C/CCCCCC(=O)OC[C@@H](COC(=O)CCCCCCC/C=C/C/C=C/CCCCC)OC(=O)CCCCCCC/C=C/C/C=C/CCCCC. The maximum Gasteiger partial charge on any atom is 0.306 e. The Bertz CT molecular complexity index is 1390. The number of carbonyl (C=O) groups excluding carboxylic acids is 3. The maximum atomic E-state index is 12.8. The van der Waals surface area contributed by atoms with Crippen molar-refractivity contribution in [1.82, 2.24) is 0 Å². The van der Waals surface area contributed by atoms with Gasteiger partial charge < -0.3 is 14.2 Å². The lowest BCUT2D eigenvalue weighted by atomic mass is 10.1. The second-order valence-corrected chi connectivity index (χ2v) is 17.7. The highest BCUT2D eigenvalue weighted by atomic mass is 16.6. The molecule has 67 heavy (non-hydrogen) atoms. The average Bonchev–Trinajstić information content (AvgIpc) is 3.33. The van der Waals surface area contributed by atoms with Gasteiger partial charge in [0.2, 0.25) is 0 Å². The summed E-state index contributed by atoms with van der Waals surface area (Å²) in [5.41, 5.74) is 0. The Morgan fingerprint density at radius 3 is 0.925 bits per heavy atom. The van der Waals surface area contributed by atoms with Crippen LogP contribution in [0.1, 0.15) is 239 Å². The van der Waals surface area contributed by atoms with E-state index in [1.807, 2.05) is 0 Å². The summed E-state index contributed by atoms with van der Waals surface area (Å²) in [6.07, 6.45) is 73.5. The molecule has 0 aromatic rings. The Labute approximate surface area is 412 Å². The van der Waals surface area contributed by atoms with Crippen LogP contribution in [0.3, 0.4) is 0 Å². The van der Waals surface area contributed by atoms with E-state index in [4.69, 9.17) is 14.2 Å². The Balaban J connectivity index is 4.51. The summed E-state index contributed by atoms with van der Waals surface area (Å²) in [6.45, 7) is 6.41. The summed E-state index contributed by atoms with van der Waals surface area (Å²) >= 11 is 0. The molecule has 0 amide bonds.